The first-order chi connectivity index (χ1) is 12.6. The predicted octanol–water partition coefficient (Wildman–Crippen LogP) is 4.56. The fourth-order valence-electron chi connectivity index (χ4n) is 2.74. The van der Waals surface area contributed by atoms with Gasteiger partial charge in [-0.3, -0.25) is 9.78 Å². The zero-order valence-electron chi connectivity index (χ0n) is 15.2. The zero-order chi connectivity index (χ0) is 18.5. The molecule has 0 fully saturated rings. The number of aromatic nitrogens is 1. The van der Waals surface area contributed by atoms with E-state index in [1.807, 2.05) is 68.4 Å². The predicted molar refractivity (Wildman–Crippen MR) is 103 cm³/mol. The Morgan fingerprint density at radius 2 is 1.81 bits per heavy atom. The summed E-state index contributed by atoms with van der Waals surface area (Å²) in [6.07, 6.45) is 3.36. The second kappa shape index (κ2) is 7.83. The highest BCUT2D eigenvalue weighted by molar-refractivity contribution is 5.95. The number of methoxy groups -OCH3 is 1. The van der Waals surface area contributed by atoms with Gasteiger partial charge in [0.05, 0.1) is 18.7 Å². The number of amides is 1. The van der Waals surface area contributed by atoms with E-state index in [1.165, 1.54) is 5.56 Å². The zero-order valence-corrected chi connectivity index (χ0v) is 15.2. The van der Waals surface area contributed by atoms with Gasteiger partial charge < -0.3 is 10.1 Å². The molecule has 3 rings (SSSR count). The maximum atomic E-state index is 12.6. The second-order valence-electron chi connectivity index (χ2n) is 6.30. The molecule has 26 heavy (non-hydrogen) atoms. The highest BCUT2D eigenvalue weighted by atomic mass is 16.5. The number of rotatable bonds is 5. The maximum Gasteiger partial charge on any atom is 0.253 e. The van der Waals surface area contributed by atoms with Crippen molar-refractivity contribution in [1.82, 2.24) is 10.3 Å². The lowest BCUT2D eigenvalue weighted by Gasteiger charge is -2.15. The number of benzene rings is 2. The number of aryl methyl sites for hydroxylation is 1. The Labute approximate surface area is 153 Å². The lowest BCUT2D eigenvalue weighted by atomic mass is 10.0. The molecule has 0 unspecified atom stereocenters. The van der Waals surface area contributed by atoms with Crippen LogP contribution >= 0.6 is 0 Å². The summed E-state index contributed by atoms with van der Waals surface area (Å²) >= 11 is 0. The van der Waals surface area contributed by atoms with Crippen molar-refractivity contribution in [3.8, 4) is 16.9 Å². The first kappa shape index (κ1) is 17.7. The number of carbonyl (C=O) groups is 1. The molecule has 1 atom stereocenters. The van der Waals surface area contributed by atoms with Gasteiger partial charge in [0.15, 0.2) is 0 Å². The van der Waals surface area contributed by atoms with Crippen LogP contribution in [0.3, 0.4) is 0 Å². The van der Waals surface area contributed by atoms with E-state index < -0.39 is 0 Å². The van der Waals surface area contributed by atoms with Crippen molar-refractivity contribution in [3.63, 3.8) is 0 Å². The highest BCUT2D eigenvalue weighted by Crippen LogP contribution is 2.21. The van der Waals surface area contributed by atoms with Gasteiger partial charge in [-0.25, -0.2) is 0 Å². The Hall–Kier alpha value is -3.14. The largest absolute Gasteiger partial charge is 0.497 e. The van der Waals surface area contributed by atoms with Gasteiger partial charge in [0.1, 0.15) is 5.75 Å². The number of hydrogen-bond acceptors (Lipinski definition) is 3. The molecule has 4 heteroatoms. The standard InChI is InChI=1S/C22H22N2O2/c1-15-7-9-17(10-8-15)19-11-20(14-23-13-19)22(25)24-16(2)18-5-4-6-21(12-18)26-3/h4-14,16H,1-3H3,(H,24,25)/t16-/m0/s1. The molecule has 0 aliphatic rings. The van der Waals surface area contributed by atoms with Gasteiger partial charge in [0, 0.05) is 18.0 Å². The summed E-state index contributed by atoms with van der Waals surface area (Å²) in [4.78, 5) is 16.9. The van der Waals surface area contributed by atoms with Crippen LogP contribution in [-0.4, -0.2) is 18.0 Å². The van der Waals surface area contributed by atoms with Crippen LogP contribution in [0.15, 0.2) is 67.0 Å². The number of carbonyl (C=O) groups excluding carboxylic acids is 1. The van der Waals surface area contributed by atoms with E-state index in [1.54, 1.807) is 19.5 Å². The Morgan fingerprint density at radius 3 is 2.54 bits per heavy atom. The van der Waals surface area contributed by atoms with Gasteiger partial charge >= 0.3 is 0 Å². The summed E-state index contributed by atoms with van der Waals surface area (Å²) in [6, 6.07) is 17.6. The average Bonchev–Trinajstić information content (AvgIpc) is 2.68. The van der Waals surface area contributed by atoms with E-state index in [-0.39, 0.29) is 11.9 Å². The van der Waals surface area contributed by atoms with E-state index in [0.29, 0.717) is 5.56 Å². The summed E-state index contributed by atoms with van der Waals surface area (Å²) < 4.78 is 5.25. The Bertz CT molecular complexity index is 904. The van der Waals surface area contributed by atoms with Crippen LogP contribution in [0, 0.1) is 6.92 Å². The number of nitrogens with one attached hydrogen (secondary N) is 1. The number of nitrogens with zero attached hydrogens (tertiary/aromatic N) is 1. The van der Waals surface area contributed by atoms with E-state index >= 15 is 0 Å². The quantitative estimate of drug-likeness (QED) is 0.737. The molecule has 2 aromatic carbocycles. The minimum Gasteiger partial charge on any atom is -0.497 e. The lowest BCUT2D eigenvalue weighted by Crippen LogP contribution is -2.26. The van der Waals surface area contributed by atoms with Crippen molar-refractivity contribution in [2.24, 2.45) is 0 Å². The van der Waals surface area contributed by atoms with Crippen LogP contribution in [0.1, 0.15) is 34.5 Å². The highest BCUT2D eigenvalue weighted by Gasteiger charge is 2.13. The Balaban J connectivity index is 1.77. The van der Waals surface area contributed by atoms with Gasteiger partial charge in [0.2, 0.25) is 0 Å². The molecule has 3 aromatic rings. The van der Waals surface area contributed by atoms with Crippen molar-refractivity contribution in [1.29, 1.82) is 0 Å². The monoisotopic (exact) mass is 346 g/mol. The average molecular weight is 346 g/mol. The summed E-state index contributed by atoms with van der Waals surface area (Å²) in [7, 11) is 1.63. The van der Waals surface area contributed by atoms with Crippen molar-refractivity contribution in [3.05, 3.63) is 83.7 Å². The molecule has 132 valence electrons. The molecule has 0 radical (unpaired) electrons. The minimum absolute atomic E-state index is 0.138. The first-order valence-corrected chi connectivity index (χ1v) is 8.54. The second-order valence-corrected chi connectivity index (χ2v) is 6.30. The smallest absolute Gasteiger partial charge is 0.253 e. The first-order valence-electron chi connectivity index (χ1n) is 8.54. The normalized spacial score (nSPS) is 11.7. The molecule has 1 aromatic heterocycles. The molecule has 1 amide bonds. The molecule has 1 N–H and O–H groups in total. The Morgan fingerprint density at radius 1 is 1.04 bits per heavy atom. The molecule has 1 heterocycles. The third-order valence-electron chi connectivity index (χ3n) is 4.33. The molecular weight excluding hydrogens is 324 g/mol. The van der Waals surface area contributed by atoms with Crippen LogP contribution in [0.2, 0.25) is 0 Å². The molecule has 0 saturated heterocycles. The summed E-state index contributed by atoms with van der Waals surface area (Å²) in [5, 5.41) is 3.02. The summed E-state index contributed by atoms with van der Waals surface area (Å²) in [6.45, 7) is 4.00. The van der Waals surface area contributed by atoms with Crippen LogP contribution in [0.5, 0.6) is 5.75 Å². The third-order valence-corrected chi connectivity index (χ3v) is 4.33. The van der Waals surface area contributed by atoms with Crippen LogP contribution < -0.4 is 10.1 Å². The third kappa shape index (κ3) is 4.09. The van der Waals surface area contributed by atoms with Gasteiger partial charge in [-0.05, 0) is 43.2 Å². The molecular formula is C22H22N2O2. The fourth-order valence-corrected chi connectivity index (χ4v) is 2.74. The van der Waals surface area contributed by atoms with Crippen molar-refractivity contribution in [2.75, 3.05) is 7.11 Å². The molecule has 0 spiro atoms. The van der Waals surface area contributed by atoms with Gasteiger partial charge in [-0.15, -0.1) is 0 Å². The lowest BCUT2D eigenvalue weighted by molar-refractivity contribution is 0.0939. The fraction of sp³-hybridized carbons (Fsp3) is 0.182. The minimum atomic E-state index is -0.151. The summed E-state index contributed by atoms with van der Waals surface area (Å²) in [5.74, 6) is 0.619. The number of ether oxygens (including phenoxy) is 1. The SMILES string of the molecule is COc1cccc([C@H](C)NC(=O)c2cncc(-c3ccc(C)cc3)c2)c1. The molecule has 0 aliphatic carbocycles. The molecule has 4 nitrogen and oxygen atoms in total. The van der Waals surface area contributed by atoms with Crippen LogP contribution in [0.4, 0.5) is 0 Å². The summed E-state index contributed by atoms with van der Waals surface area (Å²) in [5.41, 5.74) is 4.69. The van der Waals surface area contributed by atoms with Gasteiger partial charge in [-0.1, -0.05) is 42.0 Å². The molecule has 0 aliphatic heterocycles. The van der Waals surface area contributed by atoms with E-state index in [4.69, 9.17) is 4.74 Å². The van der Waals surface area contributed by atoms with E-state index in [0.717, 1.165) is 22.4 Å². The van der Waals surface area contributed by atoms with Crippen molar-refractivity contribution < 1.29 is 9.53 Å². The van der Waals surface area contributed by atoms with Gasteiger partial charge in [-0.2, -0.15) is 0 Å². The Kier molecular flexibility index (Phi) is 5.32. The van der Waals surface area contributed by atoms with Gasteiger partial charge in [0.25, 0.3) is 5.91 Å². The molecule has 0 bridgehead atoms. The number of hydrogen-bond donors (Lipinski definition) is 1. The topological polar surface area (TPSA) is 51.2 Å². The van der Waals surface area contributed by atoms with Crippen LogP contribution in [0.25, 0.3) is 11.1 Å². The van der Waals surface area contributed by atoms with E-state index in [9.17, 15) is 4.79 Å². The van der Waals surface area contributed by atoms with Crippen molar-refractivity contribution in [2.45, 2.75) is 19.9 Å². The number of pyridine rings is 1. The van der Waals surface area contributed by atoms with Crippen LogP contribution in [-0.2, 0) is 0 Å². The van der Waals surface area contributed by atoms with Crippen molar-refractivity contribution >= 4 is 5.91 Å². The maximum absolute atomic E-state index is 12.6. The molecule has 0 saturated carbocycles. The van der Waals surface area contributed by atoms with E-state index in [2.05, 4.69) is 10.3 Å².